The number of halogens is 1. The first kappa shape index (κ1) is 13.2. The fourth-order valence-electron chi connectivity index (χ4n) is 2.08. The van der Waals surface area contributed by atoms with Gasteiger partial charge in [-0.05, 0) is 5.56 Å². The largest absolute Gasteiger partial charge is 0.366 e. The number of benzene rings is 2. The zero-order chi connectivity index (χ0) is 14.7. The molecule has 0 saturated carbocycles. The Labute approximate surface area is 121 Å². The van der Waals surface area contributed by atoms with Gasteiger partial charge >= 0.3 is 0 Å². The molecule has 4 nitrogen and oxygen atoms in total. The van der Waals surface area contributed by atoms with Crippen molar-refractivity contribution in [1.82, 2.24) is 15.2 Å². The van der Waals surface area contributed by atoms with Gasteiger partial charge in [0.25, 0.3) is 0 Å². The fourth-order valence-corrected chi connectivity index (χ4v) is 2.08. The topological polar surface area (TPSA) is 64.7 Å². The van der Waals surface area contributed by atoms with Crippen molar-refractivity contribution in [3.63, 3.8) is 0 Å². The van der Waals surface area contributed by atoms with E-state index in [1.807, 2.05) is 42.5 Å². The molecule has 104 valence electrons. The van der Waals surface area contributed by atoms with Crippen LogP contribution < -0.4 is 5.73 Å². The lowest BCUT2D eigenvalue weighted by Gasteiger charge is -2.08. The zero-order valence-electron chi connectivity index (χ0n) is 11.2. The summed E-state index contributed by atoms with van der Waals surface area (Å²) in [6, 6.07) is 16.7. The molecule has 0 unspecified atom stereocenters. The highest BCUT2D eigenvalue weighted by atomic mass is 19.1. The quantitative estimate of drug-likeness (QED) is 0.799. The zero-order valence-corrected chi connectivity index (χ0v) is 11.2. The monoisotopic (exact) mass is 280 g/mol. The molecule has 5 heteroatoms. The van der Waals surface area contributed by atoms with Crippen molar-refractivity contribution >= 4 is 5.95 Å². The number of alkyl halides is 1. The van der Waals surface area contributed by atoms with Crippen LogP contribution in [0, 0.1) is 0 Å². The van der Waals surface area contributed by atoms with Crippen LogP contribution in [0.25, 0.3) is 22.5 Å². The minimum Gasteiger partial charge on any atom is -0.366 e. The Bertz CT molecular complexity index is 742. The van der Waals surface area contributed by atoms with Crippen LogP contribution in [-0.4, -0.2) is 15.2 Å². The van der Waals surface area contributed by atoms with Gasteiger partial charge in [0.05, 0.1) is 0 Å². The van der Waals surface area contributed by atoms with Crippen molar-refractivity contribution in [3.05, 3.63) is 60.2 Å². The second kappa shape index (κ2) is 5.66. The SMILES string of the molecule is Nc1nnc(-c2ccc(CF)cc2)c(-c2ccccc2)n1. The Morgan fingerprint density at radius 3 is 2.14 bits per heavy atom. The molecule has 3 aromatic rings. The summed E-state index contributed by atoms with van der Waals surface area (Å²) >= 11 is 0. The van der Waals surface area contributed by atoms with Gasteiger partial charge < -0.3 is 5.73 Å². The Morgan fingerprint density at radius 1 is 0.810 bits per heavy atom. The average Bonchev–Trinajstić information content (AvgIpc) is 2.56. The minimum atomic E-state index is -0.489. The minimum absolute atomic E-state index is 0.123. The number of aromatic nitrogens is 3. The third-order valence-electron chi connectivity index (χ3n) is 3.13. The molecule has 0 fully saturated rings. The van der Waals surface area contributed by atoms with E-state index in [9.17, 15) is 4.39 Å². The summed E-state index contributed by atoms with van der Waals surface area (Å²) in [5, 5.41) is 7.98. The van der Waals surface area contributed by atoms with Crippen LogP contribution in [-0.2, 0) is 6.67 Å². The van der Waals surface area contributed by atoms with E-state index >= 15 is 0 Å². The van der Waals surface area contributed by atoms with Crippen LogP contribution in [0.1, 0.15) is 5.56 Å². The van der Waals surface area contributed by atoms with Gasteiger partial charge in [0.1, 0.15) is 18.1 Å². The first-order valence-electron chi connectivity index (χ1n) is 6.49. The Kier molecular flexibility index (Phi) is 3.55. The van der Waals surface area contributed by atoms with E-state index in [-0.39, 0.29) is 5.95 Å². The molecule has 0 aliphatic rings. The molecule has 0 saturated heterocycles. The maximum absolute atomic E-state index is 12.6. The van der Waals surface area contributed by atoms with Gasteiger partial charge in [-0.3, -0.25) is 0 Å². The van der Waals surface area contributed by atoms with Crippen molar-refractivity contribution in [2.24, 2.45) is 0 Å². The molecule has 0 bridgehead atoms. The molecule has 2 aromatic carbocycles. The van der Waals surface area contributed by atoms with Crippen LogP contribution in [0.3, 0.4) is 0 Å². The highest BCUT2D eigenvalue weighted by Crippen LogP contribution is 2.28. The number of anilines is 1. The summed E-state index contributed by atoms with van der Waals surface area (Å²) in [4.78, 5) is 4.29. The summed E-state index contributed by atoms with van der Waals surface area (Å²) < 4.78 is 12.6. The normalized spacial score (nSPS) is 10.5. The van der Waals surface area contributed by atoms with E-state index in [0.29, 0.717) is 17.0 Å². The Morgan fingerprint density at radius 2 is 1.48 bits per heavy atom. The first-order chi connectivity index (χ1) is 10.3. The van der Waals surface area contributed by atoms with E-state index in [2.05, 4.69) is 15.2 Å². The molecule has 0 radical (unpaired) electrons. The second-order valence-corrected chi connectivity index (χ2v) is 4.56. The van der Waals surface area contributed by atoms with Crippen LogP contribution in [0.5, 0.6) is 0 Å². The summed E-state index contributed by atoms with van der Waals surface area (Å²) in [6.45, 7) is -0.489. The number of hydrogen-bond acceptors (Lipinski definition) is 4. The highest BCUT2D eigenvalue weighted by molar-refractivity contribution is 5.77. The standard InChI is InChI=1S/C16H13FN4/c17-10-11-6-8-13(9-7-11)15-14(19-16(18)21-20-15)12-4-2-1-3-5-12/h1-9H,10H2,(H2,18,19,21). The van der Waals surface area contributed by atoms with E-state index in [1.54, 1.807) is 12.1 Å². The molecule has 1 aromatic heterocycles. The smallest absolute Gasteiger partial charge is 0.240 e. The molecule has 3 rings (SSSR count). The highest BCUT2D eigenvalue weighted by Gasteiger charge is 2.12. The molecule has 2 N–H and O–H groups in total. The summed E-state index contributed by atoms with van der Waals surface area (Å²) in [6.07, 6.45) is 0. The lowest BCUT2D eigenvalue weighted by atomic mass is 10.0. The molecule has 0 atom stereocenters. The van der Waals surface area contributed by atoms with Gasteiger partial charge in [0.2, 0.25) is 5.95 Å². The molecule has 0 aliphatic heterocycles. The molecule has 21 heavy (non-hydrogen) atoms. The predicted octanol–water partition coefficient (Wildman–Crippen LogP) is 3.26. The fraction of sp³-hybridized carbons (Fsp3) is 0.0625. The third-order valence-corrected chi connectivity index (χ3v) is 3.13. The summed E-state index contributed by atoms with van der Waals surface area (Å²) in [5.41, 5.74) is 9.30. The van der Waals surface area contributed by atoms with Crippen molar-refractivity contribution in [2.75, 3.05) is 5.73 Å². The van der Waals surface area contributed by atoms with Crippen molar-refractivity contribution in [3.8, 4) is 22.5 Å². The average molecular weight is 280 g/mol. The molecule has 0 amide bonds. The number of hydrogen-bond donors (Lipinski definition) is 1. The lowest BCUT2D eigenvalue weighted by molar-refractivity contribution is 0.485. The lowest BCUT2D eigenvalue weighted by Crippen LogP contribution is -2.02. The third kappa shape index (κ3) is 2.72. The van der Waals surface area contributed by atoms with Crippen LogP contribution >= 0.6 is 0 Å². The first-order valence-corrected chi connectivity index (χ1v) is 6.49. The maximum atomic E-state index is 12.6. The molecule has 1 heterocycles. The van der Waals surface area contributed by atoms with E-state index in [4.69, 9.17) is 5.73 Å². The second-order valence-electron chi connectivity index (χ2n) is 4.56. The van der Waals surface area contributed by atoms with Gasteiger partial charge in [0, 0.05) is 11.1 Å². The van der Waals surface area contributed by atoms with Gasteiger partial charge in [-0.1, -0.05) is 54.6 Å². The molecular weight excluding hydrogens is 267 g/mol. The Balaban J connectivity index is 2.13. The van der Waals surface area contributed by atoms with Gasteiger partial charge in [-0.25, -0.2) is 9.37 Å². The maximum Gasteiger partial charge on any atom is 0.240 e. The predicted molar refractivity (Wildman–Crippen MR) is 79.9 cm³/mol. The van der Waals surface area contributed by atoms with Gasteiger partial charge in [-0.15, -0.1) is 10.2 Å². The number of nitrogens with two attached hydrogens (primary N) is 1. The van der Waals surface area contributed by atoms with E-state index in [0.717, 1.165) is 11.1 Å². The van der Waals surface area contributed by atoms with Gasteiger partial charge in [0.15, 0.2) is 0 Å². The van der Waals surface area contributed by atoms with Crippen LogP contribution in [0.4, 0.5) is 10.3 Å². The van der Waals surface area contributed by atoms with Crippen LogP contribution in [0.15, 0.2) is 54.6 Å². The van der Waals surface area contributed by atoms with Crippen molar-refractivity contribution < 1.29 is 4.39 Å². The number of nitrogen functional groups attached to an aromatic ring is 1. The van der Waals surface area contributed by atoms with Crippen molar-refractivity contribution in [1.29, 1.82) is 0 Å². The molecule has 0 aliphatic carbocycles. The summed E-state index contributed by atoms with van der Waals surface area (Å²) in [7, 11) is 0. The summed E-state index contributed by atoms with van der Waals surface area (Å²) in [5.74, 6) is 0.123. The van der Waals surface area contributed by atoms with Crippen molar-refractivity contribution in [2.45, 2.75) is 6.67 Å². The Hall–Kier alpha value is -2.82. The molecular formula is C16H13FN4. The number of rotatable bonds is 3. The van der Waals surface area contributed by atoms with Crippen LogP contribution in [0.2, 0.25) is 0 Å². The number of nitrogens with zero attached hydrogens (tertiary/aromatic N) is 3. The van der Waals surface area contributed by atoms with Gasteiger partial charge in [-0.2, -0.15) is 0 Å². The van der Waals surface area contributed by atoms with E-state index < -0.39 is 6.67 Å². The molecule has 0 spiro atoms. The van der Waals surface area contributed by atoms with E-state index in [1.165, 1.54) is 0 Å².